The molecule has 3 rings (SSSR count). The Kier molecular flexibility index (Phi) is 5.18. The lowest BCUT2D eigenvalue weighted by Gasteiger charge is -2.28. The number of alkyl halides is 2. The smallest absolute Gasteiger partial charge is 0.387 e. The average Bonchev–Trinajstić information content (AvgIpc) is 2.59. The van der Waals surface area contributed by atoms with E-state index in [0.29, 0.717) is 11.4 Å². The van der Waals surface area contributed by atoms with Crippen molar-refractivity contribution in [2.75, 3.05) is 22.5 Å². The molecule has 1 heterocycles. The van der Waals surface area contributed by atoms with Crippen molar-refractivity contribution in [2.45, 2.75) is 11.5 Å². The largest absolute Gasteiger partial charge is 0.435 e. The first-order chi connectivity index (χ1) is 12.0. The molecule has 0 bridgehead atoms. The molecule has 1 aliphatic rings. The van der Waals surface area contributed by atoms with Crippen molar-refractivity contribution >= 4 is 35.0 Å². The number of benzene rings is 2. The van der Waals surface area contributed by atoms with Gasteiger partial charge in [-0.05, 0) is 36.4 Å². The summed E-state index contributed by atoms with van der Waals surface area (Å²) in [6.07, 6.45) is 0. The number of amides is 2. The van der Waals surface area contributed by atoms with Gasteiger partial charge in [-0.1, -0.05) is 12.1 Å². The van der Waals surface area contributed by atoms with Crippen molar-refractivity contribution < 1.29 is 23.1 Å². The Labute approximate surface area is 147 Å². The lowest BCUT2D eigenvalue weighted by atomic mass is 10.2. The van der Waals surface area contributed by atoms with Crippen molar-refractivity contribution in [1.29, 1.82) is 0 Å². The van der Waals surface area contributed by atoms with Crippen LogP contribution in [0.1, 0.15) is 0 Å². The number of halogens is 2. The summed E-state index contributed by atoms with van der Waals surface area (Å²) in [6.45, 7) is -3.02. The van der Waals surface area contributed by atoms with Crippen LogP contribution in [0.15, 0.2) is 53.4 Å². The number of carbonyl (C=O) groups excluding carboxylic acids is 2. The third kappa shape index (κ3) is 4.27. The highest BCUT2D eigenvalue weighted by atomic mass is 32.2. The molecule has 0 saturated heterocycles. The summed E-state index contributed by atoms with van der Waals surface area (Å²) < 4.78 is 28.5. The van der Waals surface area contributed by atoms with Gasteiger partial charge in [0.2, 0.25) is 11.8 Å². The molecule has 8 heteroatoms. The van der Waals surface area contributed by atoms with Gasteiger partial charge in [-0.25, -0.2) is 0 Å². The molecule has 0 aliphatic carbocycles. The Morgan fingerprint density at radius 3 is 2.64 bits per heavy atom. The fourth-order valence-electron chi connectivity index (χ4n) is 2.39. The number of para-hydroxylation sites is 1. The topological polar surface area (TPSA) is 58.6 Å². The Balaban J connectivity index is 1.65. The minimum absolute atomic E-state index is 0.00478. The van der Waals surface area contributed by atoms with E-state index in [1.165, 1.54) is 40.9 Å². The summed E-state index contributed by atoms with van der Waals surface area (Å²) >= 11 is 1.44. The van der Waals surface area contributed by atoms with Gasteiger partial charge in [0.15, 0.2) is 0 Å². The van der Waals surface area contributed by atoms with Crippen molar-refractivity contribution in [3.63, 3.8) is 0 Å². The zero-order chi connectivity index (χ0) is 17.8. The molecule has 0 fully saturated rings. The van der Waals surface area contributed by atoms with E-state index >= 15 is 0 Å². The van der Waals surface area contributed by atoms with Crippen LogP contribution in [0.2, 0.25) is 0 Å². The van der Waals surface area contributed by atoms with Crippen LogP contribution >= 0.6 is 11.8 Å². The summed E-state index contributed by atoms with van der Waals surface area (Å²) in [5.74, 6) is -0.230. The molecule has 1 N–H and O–H groups in total. The van der Waals surface area contributed by atoms with E-state index in [1.807, 2.05) is 18.2 Å². The van der Waals surface area contributed by atoms with Gasteiger partial charge in [0, 0.05) is 10.6 Å². The fraction of sp³-hybridized carbons (Fsp3) is 0.176. The molecule has 0 radical (unpaired) electrons. The number of nitrogens with one attached hydrogen (secondary N) is 1. The molecule has 0 atom stereocenters. The minimum atomic E-state index is -2.90. The van der Waals surface area contributed by atoms with Crippen molar-refractivity contribution in [3.8, 4) is 5.75 Å². The normalized spacial score (nSPS) is 13.6. The van der Waals surface area contributed by atoms with Gasteiger partial charge < -0.3 is 15.0 Å². The number of fused-ring (bicyclic) bond motifs is 1. The second-order valence-electron chi connectivity index (χ2n) is 5.19. The number of ether oxygens (including phenoxy) is 1. The third-order valence-electron chi connectivity index (χ3n) is 3.47. The summed E-state index contributed by atoms with van der Waals surface area (Å²) in [7, 11) is 0. The number of hydrogen-bond donors (Lipinski definition) is 1. The molecule has 1 aliphatic heterocycles. The standard InChI is InChI=1S/C17H14F2N2O3S/c18-17(19)24-12-7-5-11(6-8-12)20-15(22)9-21-13-3-1-2-4-14(13)25-10-16(21)23/h1-8,17H,9-10H2,(H,20,22). The highest BCUT2D eigenvalue weighted by molar-refractivity contribution is 8.00. The predicted molar refractivity (Wildman–Crippen MR) is 91.2 cm³/mol. The number of thioether (sulfide) groups is 1. The summed E-state index contributed by atoms with van der Waals surface area (Å²) in [4.78, 5) is 26.8. The number of rotatable bonds is 5. The summed E-state index contributed by atoms with van der Waals surface area (Å²) in [5.41, 5.74) is 1.14. The average molecular weight is 364 g/mol. The van der Waals surface area contributed by atoms with Crippen LogP contribution in [0, 0.1) is 0 Å². The molecule has 0 saturated carbocycles. The molecule has 25 heavy (non-hydrogen) atoms. The molecule has 0 spiro atoms. The molecule has 130 valence electrons. The van der Waals surface area contributed by atoms with Crippen molar-refractivity contribution in [3.05, 3.63) is 48.5 Å². The van der Waals surface area contributed by atoms with E-state index in [4.69, 9.17) is 0 Å². The van der Waals surface area contributed by atoms with Crippen LogP contribution in [0.3, 0.4) is 0 Å². The zero-order valence-electron chi connectivity index (χ0n) is 12.9. The monoisotopic (exact) mass is 364 g/mol. The van der Waals surface area contributed by atoms with Gasteiger partial charge >= 0.3 is 6.61 Å². The molecule has 2 aromatic rings. The van der Waals surface area contributed by atoms with Gasteiger partial charge in [0.25, 0.3) is 0 Å². The lowest BCUT2D eigenvalue weighted by Crippen LogP contribution is -2.41. The Bertz CT molecular complexity index is 784. The van der Waals surface area contributed by atoms with E-state index in [-0.39, 0.29) is 29.9 Å². The Hall–Kier alpha value is -2.61. The Morgan fingerprint density at radius 1 is 1.20 bits per heavy atom. The number of anilines is 2. The predicted octanol–water partition coefficient (Wildman–Crippen LogP) is 3.37. The number of hydrogen-bond acceptors (Lipinski definition) is 4. The number of nitrogens with zero attached hydrogens (tertiary/aromatic N) is 1. The molecule has 0 aromatic heterocycles. The van der Waals surface area contributed by atoms with Gasteiger partial charge in [0.05, 0.1) is 11.4 Å². The van der Waals surface area contributed by atoms with Crippen molar-refractivity contribution in [1.82, 2.24) is 0 Å². The Morgan fingerprint density at radius 2 is 1.92 bits per heavy atom. The van der Waals surface area contributed by atoms with E-state index < -0.39 is 6.61 Å². The third-order valence-corrected chi connectivity index (χ3v) is 4.52. The van der Waals surface area contributed by atoms with Crippen molar-refractivity contribution in [2.24, 2.45) is 0 Å². The van der Waals surface area contributed by atoms with Crippen LogP contribution < -0.4 is 15.0 Å². The van der Waals surface area contributed by atoms with Gasteiger partial charge in [-0.3, -0.25) is 9.59 Å². The molecule has 0 unspecified atom stereocenters. The van der Waals surface area contributed by atoms with Gasteiger partial charge in [0.1, 0.15) is 12.3 Å². The van der Waals surface area contributed by atoms with Crippen LogP contribution in [0.5, 0.6) is 5.75 Å². The van der Waals surface area contributed by atoms with Crippen LogP contribution in [-0.2, 0) is 9.59 Å². The van der Waals surface area contributed by atoms with E-state index in [0.717, 1.165) is 4.90 Å². The maximum atomic E-state index is 12.2. The quantitative estimate of drug-likeness (QED) is 0.884. The van der Waals surface area contributed by atoms with E-state index in [1.54, 1.807) is 6.07 Å². The van der Waals surface area contributed by atoms with E-state index in [2.05, 4.69) is 10.1 Å². The second-order valence-corrected chi connectivity index (χ2v) is 6.20. The highest BCUT2D eigenvalue weighted by Gasteiger charge is 2.26. The fourth-order valence-corrected chi connectivity index (χ4v) is 3.33. The minimum Gasteiger partial charge on any atom is -0.435 e. The van der Waals surface area contributed by atoms with Crippen LogP contribution in [0.4, 0.5) is 20.2 Å². The van der Waals surface area contributed by atoms with Crippen LogP contribution in [0.25, 0.3) is 0 Å². The molecule has 2 aromatic carbocycles. The SMILES string of the molecule is O=C(CN1C(=O)CSc2ccccc21)Nc1ccc(OC(F)F)cc1. The lowest BCUT2D eigenvalue weighted by molar-refractivity contribution is -0.120. The molecule has 5 nitrogen and oxygen atoms in total. The highest BCUT2D eigenvalue weighted by Crippen LogP contribution is 2.34. The number of carbonyl (C=O) groups is 2. The van der Waals surface area contributed by atoms with Gasteiger partial charge in [-0.2, -0.15) is 8.78 Å². The second kappa shape index (κ2) is 7.52. The first-order valence-electron chi connectivity index (χ1n) is 7.40. The summed E-state index contributed by atoms with van der Waals surface area (Å²) in [6, 6.07) is 13.0. The zero-order valence-corrected chi connectivity index (χ0v) is 13.8. The summed E-state index contributed by atoms with van der Waals surface area (Å²) in [5, 5.41) is 2.64. The van der Waals surface area contributed by atoms with Crippen LogP contribution in [-0.4, -0.2) is 30.7 Å². The maximum Gasteiger partial charge on any atom is 0.387 e. The first kappa shape index (κ1) is 17.2. The maximum absolute atomic E-state index is 12.2. The molecular weight excluding hydrogens is 350 g/mol. The first-order valence-corrected chi connectivity index (χ1v) is 8.38. The van der Waals surface area contributed by atoms with E-state index in [9.17, 15) is 18.4 Å². The van der Waals surface area contributed by atoms with Gasteiger partial charge in [-0.15, -0.1) is 11.8 Å². The molecular formula is C17H14F2N2O3S. The molecule has 2 amide bonds.